The largest absolute Gasteiger partial charge is 0.310 e. The normalized spacial score (nSPS) is 27.9. The third-order valence-electron chi connectivity index (χ3n) is 3.93. The molecule has 16 heavy (non-hydrogen) atoms. The van der Waals surface area contributed by atoms with Crippen LogP contribution in [-0.2, 0) is 0 Å². The number of likely N-dealkylation sites (N-methyl/N-ethyl adjacent to an activating group) is 1. The summed E-state index contributed by atoms with van der Waals surface area (Å²) in [6.45, 7) is 8.14. The highest BCUT2D eigenvalue weighted by Gasteiger charge is 2.26. The number of hydrogen-bond acceptors (Lipinski definition) is 2. The van der Waals surface area contributed by atoms with Gasteiger partial charge in [-0.1, -0.05) is 27.2 Å². The maximum atomic E-state index is 3.87. The molecule has 2 heteroatoms. The van der Waals surface area contributed by atoms with Gasteiger partial charge < -0.3 is 10.2 Å². The molecule has 1 aliphatic carbocycles. The fourth-order valence-electron chi connectivity index (χ4n) is 2.75. The van der Waals surface area contributed by atoms with Gasteiger partial charge in [-0.05, 0) is 45.2 Å². The maximum absolute atomic E-state index is 3.87. The van der Waals surface area contributed by atoms with Crippen molar-refractivity contribution in [3.8, 4) is 0 Å². The molecule has 1 N–H and O–H groups in total. The topological polar surface area (TPSA) is 15.3 Å². The molecule has 0 aromatic rings. The van der Waals surface area contributed by atoms with Gasteiger partial charge in [0.05, 0.1) is 0 Å². The molecule has 0 saturated heterocycles. The molecule has 1 aliphatic rings. The highest BCUT2D eigenvalue weighted by atomic mass is 15.1. The van der Waals surface area contributed by atoms with Crippen LogP contribution in [0.1, 0.15) is 46.5 Å². The summed E-state index contributed by atoms with van der Waals surface area (Å²) in [5.74, 6) is 1.70. The Kier molecular flexibility index (Phi) is 5.77. The van der Waals surface area contributed by atoms with Crippen LogP contribution in [0.25, 0.3) is 0 Å². The maximum Gasteiger partial charge on any atom is 0.0220 e. The fourth-order valence-corrected chi connectivity index (χ4v) is 2.75. The molecule has 0 spiro atoms. The van der Waals surface area contributed by atoms with Crippen molar-refractivity contribution in [1.82, 2.24) is 10.2 Å². The first-order valence-electron chi connectivity index (χ1n) is 6.93. The second kappa shape index (κ2) is 6.61. The van der Waals surface area contributed by atoms with Crippen molar-refractivity contribution in [2.45, 2.75) is 58.5 Å². The van der Waals surface area contributed by atoms with Gasteiger partial charge in [0.1, 0.15) is 0 Å². The molecule has 2 nitrogen and oxygen atoms in total. The molecular formula is C14H30N2. The Balaban J connectivity index is 2.37. The highest BCUT2D eigenvalue weighted by Crippen LogP contribution is 2.28. The van der Waals surface area contributed by atoms with Crippen LogP contribution in [0.3, 0.4) is 0 Å². The van der Waals surface area contributed by atoms with E-state index in [0.29, 0.717) is 6.04 Å². The van der Waals surface area contributed by atoms with Gasteiger partial charge in [-0.25, -0.2) is 0 Å². The van der Waals surface area contributed by atoms with E-state index in [-0.39, 0.29) is 0 Å². The van der Waals surface area contributed by atoms with E-state index in [1.165, 1.54) is 25.7 Å². The van der Waals surface area contributed by atoms with Crippen LogP contribution in [-0.4, -0.2) is 37.6 Å². The Morgan fingerprint density at radius 1 is 1.25 bits per heavy atom. The van der Waals surface area contributed by atoms with Gasteiger partial charge in [0, 0.05) is 18.6 Å². The first-order chi connectivity index (χ1) is 7.52. The number of rotatable bonds is 6. The lowest BCUT2D eigenvalue weighted by Gasteiger charge is -2.29. The second-order valence-corrected chi connectivity index (χ2v) is 6.06. The Labute approximate surface area is 102 Å². The molecule has 0 aromatic carbocycles. The van der Waals surface area contributed by atoms with E-state index in [2.05, 4.69) is 45.1 Å². The Morgan fingerprint density at radius 3 is 2.38 bits per heavy atom. The molecule has 1 saturated carbocycles. The van der Waals surface area contributed by atoms with Crippen LogP contribution in [0.5, 0.6) is 0 Å². The zero-order chi connectivity index (χ0) is 12.1. The van der Waals surface area contributed by atoms with Crippen molar-refractivity contribution in [3.05, 3.63) is 0 Å². The number of hydrogen-bond donors (Lipinski definition) is 1. The molecule has 0 amide bonds. The molecule has 0 bridgehead atoms. The van der Waals surface area contributed by atoms with Gasteiger partial charge in [0.25, 0.3) is 0 Å². The average Bonchev–Trinajstić information content (AvgIpc) is 2.63. The summed E-state index contributed by atoms with van der Waals surface area (Å²) < 4.78 is 0. The van der Waals surface area contributed by atoms with Gasteiger partial charge in [-0.3, -0.25) is 0 Å². The van der Waals surface area contributed by atoms with Gasteiger partial charge in [-0.2, -0.15) is 0 Å². The lowest BCUT2D eigenvalue weighted by Crippen LogP contribution is -2.46. The first kappa shape index (κ1) is 14.0. The monoisotopic (exact) mass is 226 g/mol. The zero-order valence-corrected chi connectivity index (χ0v) is 11.8. The van der Waals surface area contributed by atoms with E-state index in [4.69, 9.17) is 0 Å². The minimum atomic E-state index is 0.649. The van der Waals surface area contributed by atoms with Crippen LogP contribution in [0.4, 0.5) is 0 Å². The van der Waals surface area contributed by atoms with E-state index in [0.717, 1.165) is 24.4 Å². The van der Waals surface area contributed by atoms with Gasteiger partial charge in [-0.15, -0.1) is 0 Å². The van der Waals surface area contributed by atoms with Crippen LogP contribution < -0.4 is 5.32 Å². The van der Waals surface area contributed by atoms with Gasteiger partial charge in [0.15, 0.2) is 0 Å². The summed E-state index contributed by atoms with van der Waals surface area (Å²) in [5.41, 5.74) is 0. The predicted octanol–water partition coefficient (Wildman–Crippen LogP) is 2.74. The summed E-state index contributed by atoms with van der Waals surface area (Å²) in [6, 6.07) is 1.42. The number of nitrogens with zero attached hydrogens (tertiary/aromatic N) is 1. The molecular weight excluding hydrogens is 196 g/mol. The zero-order valence-electron chi connectivity index (χ0n) is 11.8. The number of nitrogens with one attached hydrogen (secondary N) is 1. The van der Waals surface area contributed by atoms with Crippen molar-refractivity contribution >= 4 is 0 Å². The third kappa shape index (κ3) is 4.42. The van der Waals surface area contributed by atoms with Crippen LogP contribution >= 0.6 is 0 Å². The summed E-state index contributed by atoms with van der Waals surface area (Å²) in [6.07, 6.45) is 5.57. The molecule has 0 radical (unpaired) electrons. The molecule has 3 unspecified atom stereocenters. The van der Waals surface area contributed by atoms with E-state index in [1.54, 1.807) is 0 Å². The van der Waals surface area contributed by atoms with Crippen LogP contribution in [0.2, 0.25) is 0 Å². The Hall–Kier alpha value is -0.0800. The predicted molar refractivity (Wildman–Crippen MR) is 71.7 cm³/mol. The molecule has 0 aromatic heterocycles. The highest BCUT2D eigenvalue weighted by molar-refractivity contribution is 4.84. The lowest BCUT2D eigenvalue weighted by atomic mass is 10.0. The molecule has 0 heterocycles. The standard InChI is InChI=1S/C14H30N2/c1-6-12-7-8-13(9-12)15-14(11(2)3)10-16(4)5/h11-15H,6-10H2,1-5H3. The van der Waals surface area contributed by atoms with E-state index in [9.17, 15) is 0 Å². The SMILES string of the molecule is CCC1CCC(NC(CN(C)C)C(C)C)C1. The van der Waals surface area contributed by atoms with Crippen molar-refractivity contribution < 1.29 is 0 Å². The Bertz CT molecular complexity index is 189. The average molecular weight is 226 g/mol. The third-order valence-corrected chi connectivity index (χ3v) is 3.93. The van der Waals surface area contributed by atoms with Crippen molar-refractivity contribution in [2.24, 2.45) is 11.8 Å². The van der Waals surface area contributed by atoms with Crippen LogP contribution in [0, 0.1) is 11.8 Å². The molecule has 3 atom stereocenters. The van der Waals surface area contributed by atoms with E-state index in [1.807, 2.05) is 0 Å². The Morgan fingerprint density at radius 2 is 1.94 bits per heavy atom. The molecule has 1 fully saturated rings. The van der Waals surface area contributed by atoms with Gasteiger partial charge in [0.2, 0.25) is 0 Å². The minimum Gasteiger partial charge on any atom is -0.310 e. The van der Waals surface area contributed by atoms with E-state index >= 15 is 0 Å². The lowest BCUT2D eigenvalue weighted by molar-refractivity contribution is 0.266. The summed E-state index contributed by atoms with van der Waals surface area (Å²) in [4.78, 5) is 2.30. The van der Waals surface area contributed by atoms with Crippen molar-refractivity contribution in [2.75, 3.05) is 20.6 Å². The van der Waals surface area contributed by atoms with E-state index < -0.39 is 0 Å². The molecule has 0 aliphatic heterocycles. The summed E-state index contributed by atoms with van der Waals surface area (Å²) in [5, 5.41) is 3.87. The fraction of sp³-hybridized carbons (Fsp3) is 1.00. The smallest absolute Gasteiger partial charge is 0.0220 e. The quantitative estimate of drug-likeness (QED) is 0.749. The van der Waals surface area contributed by atoms with Crippen LogP contribution in [0.15, 0.2) is 0 Å². The summed E-state index contributed by atoms with van der Waals surface area (Å²) in [7, 11) is 4.33. The summed E-state index contributed by atoms with van der Waals surface area (Å²) >= 11 is 0. The van der Waals surface area contributed by atoms with Crippen molar-refractivity contribution in [3.63, 3.8) is 0 Å². The van der Waals surface area contributed by atoms with Gasteiger partial charge >= 0.3 is 0 Å². The van der Waals surface area contributed by atoms with Crippen molar-refractivity contribution in [1.29, 1.82) is 0 Å². The molecule has 96 valence electrons. The minimum absolute atomic E-state index is 0.649. The second-order valence-electron chi connectivity index (χ2n) is 6.06. The first-order valence-corrected chi connectivity index (χ1v) is 6.93. The molecule has 1 rings (SSSR count).